The molecular formula is C14H18FN. The van der Waals surface area contributed by atoms with Crippen molar-refractivity contribution in [2.75, 3.05) is 0 Å². The van der Waals surface area contributed by atoms with Crippen LogP contribution in [0.25, 0.3) is 0 Å². The summed E-state index contributed by atoms with van der Waals surface area (Å²) in [4.78, 5) is 4.28. The monoisotopic (exact) mass is 219 g/mol. The average molecular weight is 219 g/mol. The number of hydrogen-bond donors (Lipinski definition) is 0. The Labute approximate surface area is 96.7 Å². The smallest absolute Gasteiger partial charge is 0.147 e. The summed E-state index contributed by atoms with van der Waals surface area (Å²) in [6.45, 7) is 6.91. The van der Waals surface area contributed by atoms with E-state index in [9.17, 15) is 4.39 Å². The van der Waals surface area contributed by atoms with Crippen LogP contribution >= 0.6 is 0 Å². The number of rotatable bonds is 1. The van der Waals surface area contributed by atoms with Gasteiger partial charge in [0.25, 0.3) is 0 Å². The Morgan fingerprint density at radius 1 is 1.00 bits per heavy atom. The van der Waals surface area contributed by atoms with E-state index in [0.717, 1.165) is 11.3 Å². The van der Waals surface area contributed by atoms with Crippen LogP contribution in [0.1, 0.15) is 30.8 Å². The molecule has 0 spiro atoms. The van der Waals surface area contributed by atoms with E-state index in [2.05, 4.69) is 4.98 Å². The van der Waals surface area contributed by atoms with Crippen LogP contribution in [0.2, 0.25) is 0 Å². The minimum absolute atomic E-state index is 0.443. The molecule has 0 atom stereocenters. The predicted molar refractivity (Wildman–Crippen MR) is 65.5 cm³/mol. The van der Waals surface area contributed by atoms with E-state index in [1.54, 1.807) is 6.07 Å². The van der Waals surface area contributed by atoms with E-state index in [4.69, 9.17) is 0 Å². The second-order valence-corrected chi connectivity index (χ2v) is 4.41. The highest BCUT2D eigenvalue weighted by atomic mass is 19.1. The lowest BCUT2D eigenvalue weighted by Gasteiger charge is -2.12. The average Bonchev–Trinajstić information content (AvgIpc) is 2.17. The fourth-order valence-electron chi connectivity index (χ4n) is 1.26. The zero-order valence-electron chi connectivity index (χ0n) is 10.3. The van der Waals surface area contributed by atoms with Crippen LogP contribution in [0.5, 0.6) is 0 Å². The van der Waals surface area contributed by atoms with Gasteiger partial charge in [0, 0.05) is 5.69 Å². The molecule has 0 aliphatic rings. The van der Waals surface area contributed by atoms with Crippen LogP contribution < -0.4 is 0 Å². The van der Waals surface area contributed by atoms with Gasteiger partial charge in [-0.3, -0.25) is 4.98 Å². The van der Waals surface area contributed by atoms with E-state index in [1.165, 1.54) is 13.8 Å². The van der Waals surface area contributed by atoms with Crippen LogP contribution in [-0.2, 0) is 5.67 Å². The molecule has 0 bridgehead atoms. The van der Waals surface area contributed by atoms with Gasteiger partial charge in [-0.15, -0.1) is 0 Å². The SMILES string of the molecule is Cc1ccccc(C(C)(C)F)nc(C)cc1. The molecule has 1 aromatic heterocycles. The van der Waals surface area contributed by atoms with Gasteiger partial charge in [0.1, 0.15) is 5.67 Å². The van der Waals surface area contributed by atoms with Gasteiger partial charge < -0.3 is 0 Å². The number of aryl methyl sites for hydroxylation is 2. The van der Waals surface area contributed by atoms with Crippen molar-refractivity contribution >= 4 is 0 Å². The summed E-state index contributed by atoms with van der Waals surface area (Å²) >= 11 is 0. The van der Waals surface area contributed by atoms with Gasteiger partial charge in [0.05, 0.1) is 5.69 Å². The van der Waals surface area contributed by atoms with Crippen LogP contribution in [0.3, 0.4) is 0 Å². The molecule has 1 heterocycles. The molecule has 0 saturated heterocycles. The highest BCUT2D eigenvalue weighted by molar-refractivity contribution is 5.15. The Hall–Kier alpha value is -1.44. The molecule has 1 nitrogen and oxygen atoms in total. The minimum Gasteiger partial charge on any atom is -0.255 e. The van der Waals surface area contributed by atoms with E-state index in [1.807, 2.05) is 44.2 Å². The first-order valence-electron chi connectivity index (χ1n) is 5.37. The van der Waals surface area contributed by atoms with Crippen molar-refractivity contribution in [2.45, 2.75) is 33.4 Å². The van der Waals surface area contributed by atoms with Crippen LogP contribution in [0.15, 0.2) is 36.4 Å². The predicted octanol–water partition coefficient (Wildman–Crippen LogP) is 4.03. The Balaban J connectivity index is 3.40. The summed E-state index contributed by atoms with van der Waals surface area (Å²) in [7, 11) is 0. The van der Waals surface area contributed by atoms with Crippen molar-refractivity contribution in [3.63, 3.8) is 0 Å². The largest absolute Gasteiger partial charge is 0.255 e. The van der Waals surface area contributed by atoms with Gasteiger partial charge in [-0.1, -0.05) is 29.8 Å². The normalized spacial score (nSPS) is 10.8. The number of halogens is 1. The second kappa shape index (κ2) is 5.06. The third-order valence-electron chi connectivity index (χ3n) is 2.22. The van der Waals surface area contributed by atoms with Crippen molar-refractivity contribution in [1.82, 2.24) is 4.98 Å². The first-order chi connectivity index (χ1) is 7.39. The molecule has 2 heteroatoms. The zero-order chi connectivity index (χ0) is 12.2. The molecule has 0 amide bonds. The number of nitrogens with zero attached hydrogens (tertiary/aromatic N) is 1. The Kier molecular flexibility index (Phi) is 3.99. The standard InChI is InChI=1S/C14H18FN/c1-11-7-5-6-8-13(14(3,4)15)16-12(2)10-9-11/h5-10H,1-4H3. The van der Waals surface area contributed by atoms with Gasteiger partial charge in [-0.05, 0) is 39.8 Å². The van der Waals surface area contributed by atoms with Crippen LogP contribution in [0.4, 0.5) is 4.39 Å². The van der Waals surface area contributed by atoms with Gasteiger partial charge in [-0.2, -0.15) is 0 Å². The Bertz CT molecular complexity index is 418. The summed E-state index contributed by atoms with van der Waals surface area (Å²) in [5.74, 6) is 0. The Morgan fingerprint density at radius 3 is 2.25 bits per heavy atom. The van der Waals surface area contributed by atoms with Crippen LogP contribution in [-0.4, -0.2) is 4.98 Å². The van der Waals surface area contributed by atoms with E-state index < -0.39 is 5.67 Å². The summed E-state index contributed by atoms with van der Waals surface area (Å²) in [6, 6.07) is 11.3. The number of hydrogen-bond acceptors (Lipinski definition) is 1. The molecule has 86 valence electrons. The van der Waals surface area contributed by atoms with Crippen molar-refractivity contribution in [1.29, 1.82) is 0 Å². The van der Waals surface area contributed by atoms with Gasteiger partial charge >= 0.3 is 0 Å². The van der Waals surface area contributed by atoms with Crippen molar-refractivity contribution in [2.24, 2.45) is 0 Å². The summed E-state index contributed by atoms with van der Waals surface area (Å²) in [5, 5.41) is 0. The highest BCUT2D eigenvalue weighted by Gasteiger charge is 2.19. The molecule has 16 heavy (non-hydrogen) atoms. The van der Waals surface area contributed by atoms with E-state index in [0.29, 0.717) is 5.69 Å². The van der Waals surface area contributed by atoms with Crippen molar-refractivity contribution in [3.8, 4) is 0 Å². The molecule has 0 fully saturated rings. The molecule has 0 saturated carbocycles. The molecule has 0 aliphatic carbocycles. The first-order valence-corrected chi connectivity index (χ1v) is 5.37. The summed E-state index contributed by atoms with van der Waals surface area (Å²) in [5.41, 5.74) is 0.971. The number of alkyl halides is 1. The first kappa shape index (κ1) is 12.6. The lowest BCUT2D eigenvalue weighted by Crippen LogP contribution is -2.10. The van der Waals surface area contributed by atoms with E-state index in [-0.39, 0.29) is 0 Å². The van der Waals surface area contributed by atoms with Crippen molar-refractivity contribution < 1.29 is 4.39 Å². The summed E-state index contributed by atoms with van der Waals surface area (Å²) in [6.07, 6.45) is 0. The maximum Gasteiger partial charge on any atom is 0.147 e. The van der Waals surface area contributed by atoms with Gasteiger partial charge in [-0.25, -0.2) is 4.39 Å². The fourth-order valence-corrected chi connectivity index (χ4v) is 1.26. The zero-order valence-corrected chi connectivity index (χ0v) is 10.3. The molecule has 0 radical (unpaired) electrons. The lowest BCUT2D eigenvalue weighted by atomic mass is 10.1. The quantitative estimate of drug-likeness (QED) is 0.695. The molecule has 0 N–H and O–H groups in total. The molecule has 1 aromatic rings. The summed E-state index contributed by atoms with van der Waals surface area (Å²) < 4.78 is 13.8. The molecule has 1 rings (SSSR count). The third kappa shape index (κ3) is 3.97. The molecule has 0 aliphatic heterocycles. The maximum atomic E-state index is 13.8. The number of aromatic nitrogens is 1. The Morgan fingerprint density at radius 2 is 1.62 bits per heavy atom. The fraction of sp³-hybridized carbons (Fsp3) is 0.357. The van der Waals surface area contributed by atoms with Crippen molar-refractivity contribution in [3.05, 3.63) is 53.3 Å². The topological polar surface area (TPSA) is 12.9 Å². The molecular weight excluding hydrogens is 201 g/mol. The second-order valence-electron chi connectivity index (χ2n) is 4.41. The van der Waals surface area contributed by atoms with Gasteiger partial charge in [0.2, 0.25) is 0 Å². The lowest BCUT2D eigenvalue weighted by molar-refractivity contribution is 0.214. The highest BCUT2D eigenvalue weighted by Crippen LogP contribution is 2.21. The van der Waals surface area contributed by atoms with Crippen LogP contribution in [0, 0.1) is 13.8 Å². The third-order valence-corrected chi connectivity index (χ3v) is 2.22. The minimum atomic E-state index is -1.42. The van der Waals surface area contributed by atoms with E-state index >= 15 is 0 Å². The molecule has 0 unspecified atom stereocenters. The molecule has 0 aromatic carbocycles. The maximum absolute atomic E-state index is 13.8. The van der Waals surface area contributed by atoms with Gasteiger partial charge in [0.15, 0.2) is 0 Å².